The van der Waals surface area contributed by atoms with E-state index in [1.807, 2.05) is 10.9 Å². The Labute approximate surface area is 125 Å². The third-order valence-corrected chi connectivity index (χ3v) is 3.55. The Hall–Kier alpha value is -1.42. The van der Waals surface area contributed by atoms with Gasteiger partial charge in [0.05, 0.1) is 23.5 Å². The molecule has 0 bridgehead atoms. The van der Waals surface area contributed by atoms with Crippen LogP contribution in [-0.4, -0.2) is 19.7 Å². The Bertz CT molecular complexity index is 590. The lowest BCUT2D eigenvalue weighted by Gasteiger charge is -2.12. The molecule has 2 aromatic heterocycles. The van der Waals surface area contributed by atoms with E-state index in [9.17, 15) is 0 Å². The van der Waals surface area contributed by atoms with Crippen molar-refractivity contribution < 1.29 is 0 Å². The highest BCUT2D eigenvalue weighted by Crippen LogP contribution is 2.20. The van der Waals surface area contributed by atoms with E-state index in [1.54, 1.807) is 0 Å². The molecule has 0 aliphatic heterocycles. The average molecular weight is 293 g/mol. The van der Waals surface area contributed by atoms with E-state index in [1.165, 1.54) is 0 Å². The van der Waals surface area contributed by atoms with Crippen LogP contribution in [0, 0.1) is 0 Å². The smallest absolute Gasteiger partial charge is 0.131 e. The Morgan fingerprint density at radius 2 is 2.00 bits per heavy atom. The molecule has 108 valence electrons. The quantitative estimate of drug-likeness (QED) is 0.790. The summed E-state index contributed by atoms with van der Waals surface area (Å²) in [5, 5.41) is 4.63. The number of hydrogen-bond donors (Lipinski definition) is 0. The van der Waals surface area contributed by atoms with E-state index in [2.05, 4.69) is 48.8 Å². The van der Waals surface area contributed by atoms with Crippen molar-refractivity contribution in [1.29, 1.82) is 0 Å². The van der Waals surface area contributed by atoms with Crippen LogP contribution < -0.4 is 0 Å². The van der Waals surface area contributed by atoms with Gasteiger partial charge in [-0.25, -0.2) is 14.6 Å². The predicted molar refractivity (Wildman–Crippen MR) is 81.6 cm³/mol. The summed E-state index contributed by atoms with van der Waals surface area (Å²) in [4.78, 5) is 9.02. The molecule has 0 spiro atoms. The minimum Gasteiger partial charge on any atom is -0.239 e. The summed E-state index contributed by atoms with van der Waals surface area (Å²) in [7, 11) is 0. The first-order valence-electron chi connectivity index (χ1n) is 7.10. The van der Waals surface area contributed by atoms with Crippen molar-refractivity contribution in [3.05, 3.63) is 35.2 Å². The minimum atomic E-state index is 0.292. The lowest BCUT2D eigenvalue weighted by atomic mass is 10.2. The molecule has 0 atom stereocenters. The summed E-state index contributed by atoms with van der Waals surface area (Å²) < 4.78 is 1.93. The molecule has 0 N–H and O–H groups in total. The van der Waals surface area contributed by atoms with Gasteiger partial charge in [0.2, 0.25) is 0 Å². The van der Waals surface area contributed by atoms with Crippen molar-refractivity contribution in [2.45, 2.75) is 52.3 Å². The van der Waals surface area contributed by atoms with Gasteiger partial charge >= 0.3 is 0 Å². The van der Waals surface area contributed by atoms with Gasteiger partial charge in [0.1, 0.15) is 11.5 Å². The van der Waals surface area contributed by atoms with Crippen molar-refractivity contribution in [3.8, 4) is 5.69 Å². The van der Waals surface area contributed by atoms with Crippen LogP contribution in [0.25, 0.3) is 5.69 Å². The topological polar surface area (TPSA) is 43.6 Å². The molecule has 2 rings (SSSR count). The van der Waals surface area contributed by atoms with Crippen LogP contribution in [0.3, 0.4) is 0 Å². The third-order valence-electron chi connectivity index (χ3n) is 3.29. The van der Waals surface area contributed by atoms with Crippen LogP contribution in [0.4, 0.5) is 0 Å². The summed E-state index contributed by atoms with van der Waals surface area (Å²) >= 11 is 6.06. The van der Waals surface area contributed by atoms with E-state index in [4.69, 9.17) is 11.6 Å². The summed E-state index contributed by atoms with van der Waals surface area (Å²) in [5.41, 5.74) is 3.97. The van der Waals surface area contributed by atoms with Crippen LogP contribution in [-0.2, 0) is 18.7 Å². The lowest BCUT2D eigenvalue weighted by Crippen LogP contribution is -2.10. The largest absolute Gasteiger partial charge is 0.239 e. The minimum absolute atomic E-state index is 0.292. The molecule has 0 aliphatic rings. The molecule has 0 aromatic carbocycles. The summed E-state index contributed by atoms with van der Waals surface area (Å²) in [5.74, 6) is 1.48. The van der Waals surface area contributed by atoms with Crippen LogP contribution in [0.2, 0.25) is 0 Å². The van der Waals surface area contributed by atoms with Crippen LogP contribution in [0.1, 0.15) is 56.5 Å². The highest BCUT2D eigenvalue weighted by atomic mass is 35.5. The second kappa shape index (κ2) is 6.35. The van der Waals surface area contributed by atoms with E-state index in [0.717, 1.165) is 41.4 Å². The normalized spacial score (nSPS) is 11.3. The first-order chi connectivity index (χ1) is 9.60. The number of alkyl halides is 1. The molecular formula is C15H21ClN4. The molecule has 5 heteroatoms. The predicted octanol–water partition coefficient (Wildman–Crippen LogP) is 3.65. The molecular weight excluding hydrogens is 272 g/mol. The maximum atomic E-state index is 6.06. The molecule has 2 heterocycles. The fourth-order valence-corrected chi connectivity index (χ4v) is 2.28. The molecule has 0 aliphatic carbocycles. The van der Waals surface area contributed by atoms with Gasteiger partial charge in [-0.05, 0) is 18.9 Å². The number of rotatable bonds is 5. The summed E-state index contributed by atoms with van der Waals surface area (Å²) in [6.45, 7) is 8.38. The molecule has 0 saturated heterocycles. The molecule has 2 aromatic rings. The molecule has 0 unspecified atom stereocenters. The molecule has 0 amide bonds. The van der Waals surface area contributed by atoms with Gasteiger partial charge in [0.25, 0.3) is 0 Å². The van der Waals surface area contributed by atoms with Crippen LogP contribution >= 0.6 is 11.6 Å². The maximum absolute atomic E-state index is 6.06. The zero-order chi connectivity index (χ0) is 14.7. The SMILES string of the molecule is CCc1cc(CC)n(-c2cnc(C(C)C)nc2CCl)n1. The molecule has 0 radical (unpaired) electrons. The first kappa shape index (κ1) is 15.0. The van der Waals surface area contributed by atoms with Gasteiger partial charge in [-0.3, -0.25) is 0 Å². The Balaban J connectivity index is 2.54. The zero-order valence-electron chi connectivity index (χ0n) is 12.5. The molecule has 0 saturated carbocycles. The standard InChI is InChI=1S/C15H21ClN4/c1-5-11-7-12(6-2)20(19-11)14-9-17-15(10(3)4)18-13(14)8-16/h7,9-10H,5-6,8H2,1-4H3. The van der Waals surface area contributed by atoms with Crippen LogP contribution in [0.5, 0.6) is 0 Å². The second-order valence-corrected chi connectivity index (χ2v) is 5.36. The van der Waals surface area contributed by atoms with Crippen molar-refractivity contribution in [2.24, 2.45) is 0 Å². The van der Waals surface area contributed by atoms with Crippen molar-refractivity contribution in [3.63, 3.8) is 0 Å². The van der Waals surface area contributed by atoms with Gasteiger partial charge in [0, 0.05) is 11.6 Å². The molecule has 20 heavy (non-hydrogen) atoms. The van der Waals surface area contributed by atoms with Crippen molar-refractivity contribution in [1.82, 2.24) is 19.7 Å². The Morgan fingerprint density at radius 3 is 2.55 bits per heavy atom. The first-order valence-corrected chi connectivity index (χ1v) is 7.64. The van der Waals surface area contributed by atoms with E-state index >= 15 is 0 Å². The highest BCUT2D eigenvalue weighted by molar-refractivity contribution is 6.17. The van der Waals surface area contributed by atoms with E-state index in [-0.39, 0.29) is 0 Å². The van der Waals surface area contributed by atoms with E-state index in [0.29, 0.717) is 11.8 Å². The van der Waals surface area contributed by atoms with Crippen molar-refractivity contribution in [2.75, 3.05) is 0 Å². The van der Waals surface area contributed by atoms with Gasteiger partial charge in [0.15, 0.2) is 0 Å². The summed E-state index contributed by atoms with van der Waals surface area (Å²) in [6.07, 6.45) is 3.67. The number of aromatic nitrogens is 4. The monoisotopic (exact) mass is 292 g/mol. The molecule has 4 nitrogen and oxygen atoms in total. The van der Waals surface area contributed by atoms with Gasteiger partial charge in [-0.2, -0.15) is 5.10 Å². The number of nitrogens with zero attached hydrogens (tertiary/aromatic N) is 4. The van der Waals surface area contributed by atoms with Gasteiger partial charge in [-0.15, -0.1) is 11.6 Å². The second-order valence-electron chi connectivity index (χ2n) is 5.09. The maximum Gasteiger partial charge on any atom is 0.131 e. The van der Waals surface area contributed by atoms with Crippen molar-refractivity contribution >= 4 is 11.6 Å². The average Bonchev–Trinajstić information content (AvgIpc) is 2.89. The fraction of sp³-hybridized carbons (Fsp3) is 0.533. The molecule has 0 fully saturated rings. The highest BCUT2D eigenvalue weighted by Gasteiger charge is 2.14. The lowest BCUT2D eigenvalue weighted by molar-refractivity contribution is 0.733. The third kappa shape index (κ3) is 2.85. The number of aryl methyl sites for hydroxylation is 2. The summed E-state index contributed by atoms with van der Waals surface area (Å²) in [6, 6.07) is 2.13. The number of halogens is 1. The van der Waals surface area contributed by atoms with Gasteiger partial charge in [-0.1, -0.05) is 27.7 Å². The van der Waals surface area contributed by atoms with E-state index < -0.39 is 0 Å². The van der Waals surface area contributed by atoms with Gasteiger partial charge < -0.3 is 0 Å². The zero-order valence-corrected chi connectivity index (χ0v) is 13.3. The Kier molecular flexibility index (Phi) is 4.76. The Morgan fingerprint density at radius 1 is 1.25 bits per heavy atom. The van der Waals surface area contributed by atoms with Crippen LogP contribution in [0.15, 0.2) is 12.3 Å². The number of hydrogen-bond acceptors (Lipinski definition) is 3. The fourth-order valence-electron chi connectivity index (χ4n) is 2.09.